The summed E-state index contributed by atoms with van der Waals surface area (Å²) in [6.45, 7) is 0. The molecule has 2 heterocycles. The second-order valence-corrected chi connectivity index (χ2v) is 9.09. The van der Waals surface area contributed by atoms with Crippen molar-refractivity contribution in [3.05, 3.63) is 68.0 Å². The number of nitrogens with zero attached hydrogens (tertiary/aromatic N) is 3. The van der Waals surface area contributed by atoms with Crippen LogP contribution in [0.4, 0.5) is 18.9 Å². The first-order valence-electron chi connectivity index (χ1n) is 8.61. The fourth-order valence-electron chi connectivity index (χ4n) is 2.62. The number of anilines is 1. The summed E-state index contributed by atoms with van der Waals surface area (Å²) in [4.78, 5) is 29.4. The quantitative estimate of drug-likeness (QED) is 0.455. The number of amides is 2. The molecular formula is C18H11BrCl2F3N5O3S. The van der Waals surface area contributed by atoms with Crippen LogP contribution in [0.1, 0.15) is 26.5 Å². The van der Waals surface area contributed by atoms with Gasteiger partial charge < -0.3 is 5.32 Å². The summed E-state index contributed by atoms with van der Waals surface area (Å²) in [6.07, 6.45) is -2.39. The predicted molar refractivity (Wildman–Crippen MR) is 120 cm³/mol. The SMILES string of the molecule is CS(=O)NC(=O)c1cc(Cl)cc(Br)c1NC(=O)c1cc(C(F)(F)F)nn1-c1ncccc1Cl. The maximum absolute atomic E-state index is 13.3. The monoisotopic (exact) mass is 583 g/mol. The van der Waals surface area contributed by atoms with Crippen LogP contribution in [0.15, 0.2) is 41.0 Å². The van der Waals surface area contributed by atoms with E-state index in [1.165, 1.54) is 36.7 Å². The number of rotatable bonds is 5. The van der Waals surface area contributed by atoms with Gasteiger partial charge in [0.2, 0.25) is 0 Å². The minimum Gasteiger partial charge on any atom is -0.319 e. The average Bonchev–Trinajstić information content (AvgIpc) is 3.15. The molecule has 3 rings (SSSR count). The molecule has 0 spiro atoms. The van der Waals surface area contributed by atoms with Gasteiger partial charge in [0, 0.05) is 28.0 Å². The van der Waals surface area contributed by atoms with E-state index in [4.69, 9.17) is 23.2 Å². The van der Waals surface area contributed by atoms with Gasteiger partial charge in [0.05, 0.1) is 16.3 Å². The van der Waals surface area contributed by atoms with Crippen LogP contribution in [0.2, 0.25) is 10.0 Å². The zero-order chi connectivity index (χ0) is 24.5. The van der Waals surface area contributed by atoms with Crippen LogP contribution < -0.4 is 10.0 Å². The van der Waals surface area contributed by atoms with Gasteiger partial charge in [-0.25, -0.2) is 13.9 Å². The number of halogens is 6. The smallest absolute Gasteiger partial charge is 0.319 e. The van der Waals surface area contributed by atoms with Gasteiger partial charge in [0.15, 0.2) is 11.5 Å². The van der Waals surface area contributed by atoms with Crippen LogP contribution in [0, 0.1) is 0 Å². The largest absolute Gasteiger partial charge is 0.435 e. The highest BCUT2D eigenvalue weighted by molar-refractivity contribution is 9.10. The second-order valence-electron chi connectivity index (χ2n) is 6.28. The normalized spacial score (nSPS) is 12.3. The third kappa shape index (κ3) is 5.72. The van der Waals surface area contributed by atoms with Crippen LogP contribution in [0.3, 0.4) is 0 Å². The molecule has 0 saturated heterocycles. The summed E-state index contributed by atoms with van der Waals surface area (Å²) in [5.74, 6) is -2.12. The van der Waals surface area contributed by atoms with E-state index in [0.29, 0.717) is 10.7 Å². The van der Waals surface area contributed by atoms with Crippen molar-refractivity contribution in [2.24, 2.45) is 0 Å². The highest BCUT2D eigenvalue weighted by Gasteiger charge is 2.37. The number of carbonyl (C=O) groups is 2. The van der Waals surface area contributed by atoms with Gasteiger partial charge in [-0.15, -0.1) is 0 Å². The van der Waals surface area contributed by atoms with Crippen LogP contribution >= 0.6 is 39.1 Å². The molecule has 33 heavy (non-hydrogen) atoms. The van der Waals surface area contributed by atoms with Crippen LogP contribution in [0.5, 0.6) is 0 Å². The highest BCUT2D eigenvalue weighted by Crippen LogP contribution is 2.33. The number of nitrogens with one attached hydrogen (secondary N) is 2. The Kier molecular flexibility index (Phi) is 7.46. The molecule has 1 atom stereocenters. The molecule has 0 aliphatic heterocycles. The minimum absolute atomic E-state index is 0.0541. The standard InChI is InChI=1S/C18H11BrCl2F3N5O3S/c1-33(32)28-16(30)9-5-8(20)6-10(19)14(9)26-17(31)12-7-13(18(22,23)24)27-29(12)15-11(21)3-2-4-25-15/h2-7H,1H3,(H,26,31)(H,28,30). The van der Waals surface area contributed by atoms with Crippen molar-refractivity contribution in [3.8, 4) is 5.82 Å². The first kappa shape index (κ1) is 25.1. The van der Waals surface area contributed by atoms with E-state index in [0.717, 1.165) is 0 Å². The molecule has 2 N–H and O–H groups in total. The molecular weight excluding hydrogens is 574 g/mol. The fraction of sp³-hybridized carbons (Fsp3) is 0.111. The van der Waals surface area contributed by atoms with E-state index in [-0.39, 0.29) is 31.6 Å². The Hall–Kier alpha value is -2.48. The van der Waals surface area contributed by atoms with E-state index in [1.54, 1.807) is 0 Å². The van der Waals surface area contributed by atoms with Crippen molar-refractivity contribution < 1.29 is 27.0 Å². The van der Waals surface area contributed by atoms with E-state index < -0.39 is 40.4 Å². The van der Waals surface area contributed by atoms with Gasteiger partial charge in [0.25, 0.3) is 11.8 Å². The van der Waals surface area contributed by atoms with Crippen molar-refractivity contribution in [2.75, 3.05) is 11.6 Å². The number of benzene rings is 1. The lowest BCUT2D eigenvalue weighted by molar-refractivity contribution is -0.141. The number of carbonyl (C=O) groups excluding carboxylic acids is 2. The number of alkyl halides is 3. The Morgan fingerprint density at radius 2 is 1.88 bits per heavy atom. The predicted octanol–water partition coefficient (Wildman–Crippen LogP) is 4.63. The van der Waals surface area contributed by atoms with Gasteiger partial charge in [-0.2, -0.15) is 18.3 Å². The molecule has 0 saturated carbocycles. The van der Waals surface area contributed by atoms with Crippen LogP contribution in [0.25, 0.3) is 5.82 Å². The molecule has 0 bridgehead atoms. The lowest BCUT2D eigenvalue weighted by Gasteiger charge is -2.14. The Bertz CT molecular complexity index is 1290. The van der Waals surface area contributed by atoms with Gasteiger partial charge in [-0.1, -0.05) is 23.2 Å². The van der Waals surface area contributed by atoms with Crippen molar-refractivity contribution in [1.29, 1.82) is 0 Å². The maximum Gasteiger partial charge on any atom is 0.435 e. The molecule has 2 amide bonds. The van der Waals surface area contributed by atoms with Gasteiger partial charge >= 0.3 is 6.18 Å². The molecule has 0 fully saturated rings. The van der Waals surface area contributed by atoms with Gasteiger partial charge in [0.1, 0.15) is 16.7 Å². The van der Waals surface area contributed by atoms with E-state index in [2.05, 4.69) is 36.1 Å². The minimum atomic E-state index is -4.86. The summed E-state index contributed by atoms with van der Waals surface area (Å²) in [6, 6.07) is 5.88. The molecule has 0 aliphatic rings. The Labute approximate surface area is 205 Å². The van der Waals surface area contributed by atoms with Gasteiger partial charge in [-0.05, 0) is 40.2 Å². The second kappa shape index (κ2) is 9.79. The van der Waals surface area contributed by atoms with Crippen molar-refractivity contribution >= 4 is 67.6 Å². The molecule has 2 aromatic heterocycles. The molecule has 1 aromatic carbocycles. The lowest BCUT2D eigenvalue weighted by atomic mass is 10.1. The zero-order valence-corrected chi connectivity index (χ0v) is 20.1. The summed E-state index contributed by atoms with van der Waals surface area (Å²) >= 11 is 15.2. The Balaban J connectivity index is 2.11. The third-order valence-corrected chi connectivity index (χ3v) is 5.56. The summed E-state index contributed by atoms with van der Waals surface area (Å²) in [5, 5.41) is 5.86. The summed E-state index contributed by atoms with van der Waals surface area (Å²) < 4.78 is 54.3. The molecule has 15 heteroatoms. The molecule has 0 aliphatic carbocycles. The van der Waals surface area contributed by atoms with Crippen molar-refractivity contribution in [3.63, 3.8) is 0 Å². The van der Waals surface area contributed by atoms with Crippen LogP contribution in [-0.4, -0.2) is 37.0 Å². The third-order valence-electron chi connectivity index (χ3n) is 3.95. The molecule has 8 nitrogen and oxygen atoms in total. The van der Waals surface area contributed by atoms with E-state index in [1.807, 2.05) is 0 Å². The highest BCUT2D eigenvalue weighted by atomic mass is 79.9. The average molecular weight is 585 g/mol. The van der Waals surface area contributed by atoms with Crippen molar-refractivity contribution in [2.45, 2.75) is 6.18 Å². The molecule has 174 valence electrons. The number of hydrogen-bond donors (Lipinski definition) is 2. The Morgan fingerprint density at radius 3 is 2.48 bits per heavy atom. The van der Waals surface area contributed by atoms with E-state index >= 15 is 0 Å². The number of hydrogen-bond acceptors (Lipinski definition) is 5. The van der Waals surface area contributed by atoms with E-state index in [9.17, 15) is 27.0 Å². The number of aromatic nitrogens is 3. The topological polar surface area (TPSA) is 106 Å². The van der Waals surface area contributed by atoms with Crippen molar-refractivity contribution in [1.82, 2.24) is 19.5 Å². The number of pyridine rings is 1. The maximum atomic E-state index is 13.3. The lowest BCUT2D eigenvalue weighted by Crippen LogP contribution is -2.27. The first-order valence-corrected chi connectivity index (χ1v) is 11.7. The van der Waals surface area contributed by atoms with Gasteiger partial charge in [-0.3, -0.25) is 14.3 Å². The summed E-state index contributed by atoms with van der Waals surface area (Å²) in [7, 11) is -1.74. The Morgan fingerprint density at radius 1 is 1.18 bits per heavy atom. The first-order chi connectivity index (χ1) is 15.4. The fourth-order valence-corrected chi connectivity index (χ4v) is 4.10. The van der Waals surface area contributed by atoms with Crippen LogP contribution in [-0.2, 0) is 17.2 Å². The molecule has 0 radical (unpaired) electrons. The zero-order valence-electron chi connectivity index (χ0n) is 16.2. The summed E-state index contributed by atoms with van der Waals surface area (Å²) in [5.41, 5.74) is -2.23. The molecule has 1 unspecified atom stereocenters. The molecule has 3 aromatic rings.